The number of phenols is 1. The van der Waals surface area contributed by atoms with Crippen molar-refractivity contribution in [3.63, 3.8) is 0 Å². The third-order valence-electron chi connectivity index (χ3n) is 2.26. The lowest BCUT2D eigenvalue weighted by molar-refractivity contribution is 0.213. The van der Waals surface area contributed by atoms with Gasteiger partial charge in [0, 0.05) is 6.54 Å². The van der Waals surface area contributed by atoms with E-state index in [1.54, 1.807) is 12.1 Å². The third kappa shape index (κ3) is 2.01. The van der Waals surface area contributed by atoms with Gasteiger partial charge in [0.1, 0.15) is 6.10 Å². The van der Waals surface area contributed by atoms with E-state index in [-0.39, 0.29) is 11.9 Å². The van der Waals surface area contributed by atoms with Crippen LogP contribution in [0.5, 0.6) is 11.5 Å². The second-order valence-electron chi connectivity index (χ2n) is 3.32. The molecule has 0 saturated carbocycles. The molecular weight excluding hydrogens is 246 g/mol. The third-order valence-corrected chi connectivity index (χ3v) is 2.90. The van der Waals surface area contributed by atoms with E-state index in [0.29, 0.717) is 10.2 Å². The first-order valence-electron chi connectivity index (χ1n) is 4.62. The van der Waals surface area contributed by atoms with Gasteiger partial charge < -0.3 is 15.2 Å². The topological polar surface area (TPSA) is 41.5 Å². The van der Waals surface area contributed by atoms with Gasteiger partial charge in [-0.3, -0.25) is 0 Å². The normalized spacial score (nSPS) is 21.1. The maximum atomic E-state index is 9.67. The first-order valence-corrected chi connectivity index (χ1v) is 5.41. The van der Waals surface area contributed by atoms with Crippen LogP contribution in [0.15, 0.2) is 22.7 Å². The van der Waals surface area contributed by atoms with Crippen molar-refractivity contribution in [2.45, 2.75) is 12.5 Å². The molecule has 1 atom stereocenters. The van der Waals surface area contributed by atoms with Crippen LogP contribution in [0.2, 0.25) is 0 Å². The van der Waals surface area contributed by atoms with Gasteiger partial charge in [-0.15, -0.1) is 0 Å². The molecule has 0 aliphatic carbocycles. The molecule has 1 saturated heterocycles. The molecule has 1 aliphatic rings. The Hall–Kier alpha value is -0.740. The minimum Gasteiger partial charge on any atom is -0.503 e. The summed E-state index contributed by atoms with van der Waals surface area (Å²) in [6, 6.07) is 5.41. The van der Waals surface area contributed by atoms with Crippen LogP contribution in [0.4, 0.5) is 0 Å². The molecule has 0 bridgehead atoms. The van der Waals surface area contributed by atoms with Gasteiger partial charge in [0.25, 0.3) is 0 Å². The lowest BCUT2D eigenvalue weighted by Gasteiger charge is -2.13. The highest BCUT2D eigenvalue weighted by atomic mass is 79.9. The maximum absolute atomic E-state index is 9.67. The summed E-state index contributed by atoms with van der Waals surface area (Å²) in [5.74, 6) is 0.729. The molecule has 14 heavy (non-hydrogen) atoms. The molecule has 1 aromatic rings. The molecule has 1 aliphatic heterocycles. The van der Waals surface area contributed by atoms with Gasteiger partial charge in [0.15, 0.2) is 11.5 Å². The number of nitrogens with one attached hydrogen (secondary N) is 1. The number of hydrogen-bond donors (Lipinski definition) is 2. The summed E-state index contributed by atoms with van der Waals surface area (Å²) < 4.78 is 6.31. The molecule has 1 heterocycles. The van der Waals surface area contributed by atoms with Gasteiger partial charge in [-0.1, -0.05) is 6.07 Å². The number of benzene rings is 1. The van der Waals surface area contributed by atoms with Gasteiger partial charge in [-0.2, -0.15) is 0 Å². The second-order valence-corrected chi connectivity index (χ2v) is 4.17. The van der Waals surface area contributed by atoms with Crippen molar-refractivity contribution in [2.24, 2.45) is 0 Å². The Morgan fingerprint density at radius 1 is 1.50 bits per heavy atom. The second kappa shape index (κ2) is 4.19. The molecule has 76 valence electrons. The lowest BCUT2D eigenvalue weighted by Crippen LogP contribution is -2.19. The van der Waals surface area contributed by atoms with E-state index in [1.165, 1.54) is 0 Å². The summed E-state index contributed by atoms with van der Waals surface area (Å²) in [5, 5.41) is 12.9. The quantitative estimate of drug-likeness (QED) is 0.851. The number of rotatable bonds is 2. The highest BCUT2D eigenvalue weighted by molar-refractivity contribution is 9.10. The van der Waals surface area contributed by atoms with Crippen LogP contribution in [0.1, 0.15) is 6.42 Å². The van der Waals surface area contributed by atoms with Crippen molar-refractivity contribution in [3.05, 3.63) is 22.7 Å². The molecule has 0 spiro atoms. The Morgan fingerprint density at radius 3 is 3.07 bits per heavy atom. The predicted octanol–water partition coefficient (Wildman–Crippen LogP) is 1.90. The maximum Gasteiger partial charge on any atom is 0.172 e. The highest BCUT2D eigenvalue weighted by Gasteiger charge is 2.17. The number of ether oxygens (including phenoxy) is 1. The zero-order valence-electron chi connectivity index (χ0n) is 7.66. The summed E-state index contributed by atoms with van der Waals surface area (Å²) in [7, 11) is 0. The van der Waals surface area contributed by atoms with Gasteiger partial charge in [0.2, 0.25) is 0 Å². The number of para-hydroxylation sites is 1. The molecule has 3 nitrogen and oxygen atoms in total. The molecule has 1 fully saturated rings. The molecule has 1 unspecified atom stereocenters. The number of phenolic OH excluding ortho intramolecular Hbond substituents is 1. The molecule has 2 rings (SSSR count). The van der Waals surface area contributed by atoms with Crippen LogP contribution in [0, 0.1) is 0 Å². The average molecular weight is 258 g/mol. The molecule has 4 heteroatoms. The first-order chi connectivity index (χ1) is 6.77. The Bertz CT molecular complexity index is 324. The molecule has 0 radical (unpaired) electrons. The van der Waals surface area contributed by atoms with Crippen molar-refractivity contribution in [1.29, 1.82) is 0 Å². The average Bonchev–Trinajstić information content (AvgIpc) is 2.66. The molecule has 0 aromatic heterocycles. The van der Waals surface area contributed by atoms with Crippen molar-refractivity contribution in [3.8, 4) is 11.5 Å². The van der Waals surface area contributed by atoms with Crippen LogP contribution < -0.4 is 10.1 Å². The fourth-order valence-corrected chi connectivity index (χ4v) is 1.85. The molecule has 1 aromatic carbocycles. The number of hydrogen-bond acceptors (Lipinski definition) is 3. The molecular formula is C10H12BrNO2. The zero-order valence-corrected chi connectivity index (χ0v) is 9.25. The monoisotopic (exact) mass is 257 g/mol. The van der Waals surface area contributed by atoms with Gasteiger partial charge in [0.05, 0.1) is 4.47 Å². The zero-order chi connectivity index (χ0) is 9.97. The van der Waals surface area contributed by atoms with Crippen molar-refractivity contribution in [2.75, 3.05) is 13.1 Å². The Kier molecular flexibility index (Phi) is 2.93. The Labute approximate surface area is 91.2 Å². The van der Waals surface area contributed by atoms with Crippen molar-refractivity contribution >= 4 is 15.9 Å². The largest absolute Gasteiger partial charge is 0.503 e. The van der Waals surface area contributed by atoms with E-state index in [9.17, 15) is 5.11 Å². The van der Waals surface area contributed by atoms with E-state index < -0.39 is 0 Å². The summed E-state index contributed by atoms with van der Waals surface area (Å²) in [6.45, 7) is 1.84. The Morgan fingerprint density at radius 2 is 2.36 bits per heavy atom. The Balaban J connectivity index is 2.11. The summed E-state index contributed by atoms with van der Waals surface area (Å²) in [4.78, 5) is 0. The van der Waals surface area contributed by atoms with Crippen LogP contribution in [0.25, 0.3) is 0 Å². The van der Waals surface area contributed by atoms with Crippen molar-refractivity contribution in [1.82, 2.24) is 5.32 Å². The fraction of sp³-hybridized carbons (Fsp3) is 0.400. The van der Waals surface area contributed by atoms with Crippen LogP contribution >= 0.6 is 15.9 Å². The smallest absolute Gasteiger partial charge is 0.172 e. The van der Waals surface area contributed by atoms with E-state index in [4.69, 9.17) is 4.74 Å². The minimum absolute atomic E-state index is 0.176. The predicted molar refractivity (Wildman–Crippen MR) is 57.7 cm³/mol. The minimum atomic E-state index is 0.176. The highest BCUT2D eigenvalue weighted by Crippen LogP contribution is 2.34. The van der Waals surface area contributed by atoms with Gasteiger partial charge >= 0.3 is 0 Å². The lowest BCUT2D eigenvalue weighted by atomic mass is 10.3. The SMILES string of the molecule is Oc1c(Br)cccc1OC1CCNC1. The van der Waals surface area contributed by atoms with Crippen LogP contribution in [-0.2, 0) is 0 Å². The summed E-state index contributed by atoms with van der Waals surface area (Å²) >= 11 is 3.25. The van der Waals surface area contributed by atoms with E-state index in [1.807, 2.05) is 6.07 Å². The van der Waals surface area contributed by atoms with Crippen LogP contribution in [0.3, 0.4) is 0 Å². The number of halogens is 1. The standard InChI is InChI=1S/C10H12BrNO2/c11-8-2-1-3-9(10(8)13)14-7-4-5-12-6-7/h1-3,7,12-13H,4-6H2. The molecule has 0 amide bonds. The molecule has 2 N–H and O–H groups in total. The van der Waals surface area contributed by atoms with Gasteiger partial charge in [-0.25, -0.2) is 0 Å². The first kappa shape index (κ1) is 9.80. The summed E-state index contributed by atoms with van der Waals surface area (Å²) in [5.41, 5.74) is 0. The van der Waals surface area contributed by atoms with Crippen LogP contribution in [-0.4, -0.2) is 24.3 Å². The van der Waals surface area contributed by atoms with E-state index >= 15 is 0 Å². The van der Waals surface area contributed by atoms with E-state index in [2.05, 4.69) is 21.2 Å². The number of aromatic hydroxyl groups is 1. The van der Waals surface area contributed by atoms with E-state index in [0.717, 1.165) is 19.5 Å². The van der Waals surface area contributed by atoms with Crippen molar-refractivity contribution < 1.29 is 9.84 Å². The van der Waals surface area contributed by atoms with Gasteiger partial charge in [-0.05, 0) is 41.0 Å². The summed E-state index contributed by atoms with van der Waals surface area (Å²) in [6.07, 6.45) is 1.17. The fourth-order valence-electron chi connectivity index (χ4n) is 1.50.